The number of nitrogens with one attached hydrogen (secondary N) is 1. The van der Waals surface area contributed by atoms with Gasteiger partial charge in [-0.3, -0.25) is 0 Å². The van der Waals surface area contributed by atoms with Gasteiger partial charge in [-0.25, -0.2) is 4.98 Å². The highest BCUT2D eigenvalue weighted by atomic mass is 79.9. The molecule has 1 aliphatic rings. The van der Waals surface area contributed by atoms with E-state index in [4.69, 9.17) is 0 Å². The van der Waals surface area contributed by atoms with E-state index in [1.807, 2.05) is 6.33 Å². The largest absolute Gasteiger partial charge is 0.308 e. The summed E-state index contributed by atoms with van der Waals surface area (Å²) in [6.07, 6.45) is 6.59. The molecule has 0 aliphatic heterocycles. The third-order valence-corrected chi connectivity index (χ3v) is 3.84. The third kappa shape index (κ3) is 2.65. The van der Waals surface area contributed by atoms with Crippen molar-refractivity contribution in [2.45, 2.75) is 32.4 Å². The minimum absolute atomic E-state index is 0.723. The first-order valence-electron chi connectivity index (χ1n) is 6.25. The van der Waals surface area contributed by atoms with Gasteiger partial charge in [-0.1, -0.05) is 6.07 Å². The zero-order valence-corrected chi connectivity index (χ0v) is 11.9. The minimum atomic E-state index is 0.723. The topological polar surface area (TPSA) is 29.9 Å². The second kappa shape index (κ2) is 4.86. The molecule has 4 heteroatoms. The Morgan fingerprint density at radius 1 is 1.44 bits per heavy atom. The van der Waals surface area contributed by atoms with Gasteiger partial charge in [0.05, 0.1) is 17.7 Å². The van der Waals surface area contributed by atoms with Crippen LogP contribution < -0.4 is 5.32 Å². The van der Waals surface area contributed by atoms with Crippen LogP contribution in [0.5, 0.6) is 0 Å². The molecule has 94 valence electrons. The lowest BCUT2D eigenvalue weighted by Crippen LogP contribution is -2.15. The molecule has 0 saturated heterocycles. The number of nitrogens with zero attached hydrogens (tertiary/aromatic N) is 2. The smallest absolute Gasteiger partial charge is 0.0996 e. The molecule has 1 aromatic heterocycles. The first-order chi connectivity index (χ1) is 8.72. The molecular formula is C14H16BrN3. The molecule has 3 rings (SSSR count). The Balaban J connectivity index is 1.80. The molecule has 0 unspecified atom stereocenters. The second-order valence-corrected chi connectivity index (χ2v) is 5.74. The molecule has 1 aromatic carbocycles. The minimum Gasteiger partial charge on any atom is -0.308 e. The van der Waals surface area contributed by atoms with Crippen LogP contribution in [0.2, 0.25) is 0 Å². The van der Waals surface area contributed by atoms with Crippen molar-refractivity contribution in [3.05, 3.63) is 46.5 Å². The van der Waals surface area contributed by atoms with Gasteiger partial charge in [0.2, 0.25) is 0 Å². The van der Waals surface area contributed by atoms with Crippen LogP contribution in [0.3, 0.4) is 0 Å². The van der Waals surface area contributed by atoms with E-state index in [1.54, 1.807) is 0 Å². The number of imidazole rings is 1. The lowest BCUT2D eigenvalue weighted by Gasteiger charge is -2.06. The summed E-state index contributed by atoms with van der Waals surface area (Å²) in [4.78, 5) is 4.44. The number of hydrogen-bond donors (Lipinski definition) is 1. The Hall–Kier alpha value is -1.13. The van der Waals surface area contributed by atoms with E-state index in [2.05, 4.69) is 62.1 Å². The quantitative estimate of drug-likeness (QED) is 0.940. The molecule has 1 fully saturated rings. The Morgan fingerprint density at radius 2 is 2.28 bits per heavy atom. The van der Waals surface area contributed by atoms with Gasteiger partial charge in [0, 0.05) is 23.3 Å². The average molecular weight is 306 g/mol. The second-order valence-electron chi connectivity index (χ2n) is 4.88. The maximum atomic E-state index is 4.44. The van der Waals surface area contributed by atoms with Crippen LogP contribution in [0, 0.1) is 6.92 Å². The maximum Gasteiger partial charge on any atom is 0.0996 e. The Labute approximate surface area is 115 Å². The lowest BCUT2D eigenvalue weighted by atomic mass is 10.2. The van der Waals surface area contributed by atoms with Crippen molar-refractivity contribution < 1.29 is 0 Å². The summed E-state index contributed by atoms with van der Waals surface area (Å²) in [5.41, 5.74) is 3.48. The van der Waals surface area contributed by atoms with Crippen LogP contribution in [0.25, 0.3) is 5.69 Å². The molecule has 1 heterocycles. The van der Waals surface area contributed by atoms with Gasteiger partial charge in [-0.2, -0.15) is 0 Å². The van der Waals surface area contributed by atoms with E-state index in [0.29, 0.717) is 0 Å². The summed E-state index contributed by atoms with van der Waals surface area (Å²) >= 11 is 3.58. The highest BCUT2D eigenvalue weighted by Gasteiger charge is 2.20. The number of aromatic nitrogens is 2. The lowest BCUT2D eigenvalue weighted by molar-refractivity contribution is 0.677. The Bertz CT molecular complexity index is 558. The summed E-state index contributed by atoms with van der Waals surface area (Å²) in [5, 5.41) is 3.48. The fraction of sp³-hybridized carbons (Fsp3) is 0.357. The molecule has 0 radical (unpaired) electrons. The SMILES string of the molecule is Cc1ccc(Br)c(-n2cnc(CNC3CC3)c2)c1. The molecule has 0 bridgehead atoms. The molecule has 2 aromatic rings. The van der Waals surface area contributed by atoms with Gasteiger partial charge in [-0.05, 0) is 53.4 Å². The van der Waals surface area contributed by atoms with E-state index in [1.165, 1.54) is 18.4 Å². The third-order valence-electron chi connectivity index (χ3n) is 3.17. The van der Waals surface area contributed by atoms with Gasteiger partial charge in [0.25, 0.3) is 0 Å². The van der Waals surface area contributed by atoms with E-state index < -0.39 is 0 Å². The number of aryl methyl sites for hydroxylation is 1. The fourth-order valence-corrected chi connectivity index (χ4v) is 2.39. The van der Waals surface area contributed by atoms with Crippen LogP contribution in [0.1, 0.15) is 24.1 Å². The van der Waals surface area contributed by atoms with Crippen LogP contribution in [0.4, 0.5) is 0 Å². The van der Waals surface area contributed by atoms with Crippen LogP contribution >= 0.6 is 15.9 Å². The van der Waals surface area contributed by atoms with Crippen molar-refractivity contribution >= 4 is 15.9 Å². The molecule has 1 saturated carbocycles. The zero-order valence-electron chi connectivity index (χ0n) is 10.4. The van der Waals surface area contributed by atoms with Crippen molar-refractivity contribution in [2.24, 2.45) is 0 Å². The standard InChI is InChI=1S/C14H16BrN3/c1-10-2-5-13(15)14(6-10)18-8-12(17-9-18)7-16-11-3-4-11/h2,5-6,8-9,11,16H,3-4,7H2,1H3. The van der Waals surface area contributed by atoms with E-state index in [9.17, 15) is 0 Å². The van der Waals surface area contributed by atoms with Gasteiger partial charge in [0.1, 0.15) is 0 Å². The molecule has 0 spiro atoms. The zero-order chi connectivity index (χ0) is 12.5. The highest BCUT2D eigenvalue weighted by molar-refractivity contribution is 9.10. The number of hydrogen-bond acceptors (Lipinski definition) is 2. The first kappa shape index (κ1) is 11.9. The van der Waals surface area contributed by atoms with E-state index in [0.717, 1.165) is 28.4 Å². The Kier molecular flexibility index (Phi) is 3.22. The predicted molar refractivity (Wildman–Crippen MR) is 75.9 cm³/mol. The monoisotopic (exact) mass is 305 g/mol. The number of benzene rings is 1. The average Bonchev–Trinajstić information content (AvgIpc) is 3.08. The normalized spacial score (nSPS) is 15.0. The van der Waals surface area contributed by atoms with Crippen LogP contribution in [-0.4, -0.2) is 15.6 Å². The first-order valence-corrected chi connectivity index (χ1v) is 7.04. The van der Waals surface area contributed by atoms with Crippen molar-refractivity contribution in [2.75, 3.05) is 0 Å². The molecule has 18 heavy (non-hydrogen) atoms. The predicted octanol–water partition coefficient (Wildman–Crippen LogP) is 3.20. The van der Waals surface area contributed by atoms with Crippen molar-refractivity contribution in [3.8, 4) is 5.69 Å². The molecule has 1 aliphatic carbocycles. The summed E-state index contributed by atoms with van der Waals surface area (Å²) < 4.78 is 3.16. The van der Waals surface area contributed by atoms with E-state index in [-0.39, 0.29) is 0 Å². The number of rotatable bonds is 4. The van der Waals surface area contributed by atoms with Gasteiger partial charge < -0.3 is 9.88 Å². The van der Waals surface area contributed by atoms with Crippen molar-refractivity contribution in [1.29, 1.82) is 0 Å². The van der Waals surface area contributed by atoms with Gasteiger partial charge in [0.15, 0.2) is 0 Å². The molecule has 0 amide bonds. The number of halogens is 1. The summed E-state index contributed by atoms with van der Waals surface area (Å²) in [6.45, 7) is 2.96. The molecule has 1 N–H and O–H groups in total. The molecule has 0 atom stereocenters. The summed E-state index contributed by atoms with van der Waals surface area (Å²) in [7, 11) is 0. The van der Waals surface area contributed by atoms with Crippen LogP contribution in [0.15, 0.2) is 35.2 Å². The summed E-state index contributed by atoms with van der Waals surface area (Å²) in [6, 6.07) is 7.05. The maximum absolute atomic E-state index is 4.44. The molecule has 3 nitrogen and oxygen atoms in total. The Morgan fingerprint density at radius 3 is 3.06 bits per heavy atom. The van der Waals surface area contributed by atoms with Gasteiger partial charge >= 0.3 is 0 Å². The van der Waals surface area contributed by atoms with Crippen molar-refractivity contribution in [3.63, 3.8) is 0 Å². The van der Waals surface area contributed by atoms with Gasteiger partial charge in [-0.15, -0.1) is 0 Å². The fourth-order valence-electron chi connectivity index (χ4n) is 1.94. The summed E-state index contributed by atoms with van der Waals surface area (Å²) in [5.74, 6) is 0. The highest BCUT2D eigenvalue weighted by Crippen LogP contribution is 2.23. The molecular weight excluding hydrogens is 290 g/mol. The van der Waals surface area contributed by atoms with Crippen LogP contribution in [-0.2, 0) is 6.54 Å². The van der Waals surface area contributed by atoms with E-state index >= 15 is 0 Å². The van der Waals surface area contributed by atoms with Crippen molar-refractivity contribution in [1.82, 2.24) is 14.9 Å².